The smallest absolute Gasteiger partial charge is 0.306 e. The largest absolute Gasteiger partial charge is 0.481 e. The second-order valence-electron chi connectivity index (χ2n) is 4.12. The maximum Gasteiger partial charge on any atom is 0.306 e. The van der Waals surface area contributed by atoms with Crippen molar-refractivity contribution in [3.05, 3.63) is 0 Å². The van der Waals surface area contributed by atoms with Crippen LogP contribution in [0.5, 0.6) is 0 Å². The molecule has 0 rings (SSSR count). The van der Waals surface area contributed by atoms with E-state index in [1.807, 2.05) is 6.92 Å². The highest BCUT2D eigenvalue weighted by Gasteiger charge is 2.20. The Morgan fingerprint density at radius 3 is 2.27 bits per heavy atom. The van der Waals surface area contributed by atoms with Crippen molar-refractivity contribution < 1.29 is 19.8 Å². The SMILES string of the molecule is CCCCC(CC(C)CC(=O)O)C(=O)O. The van der Waals surface area contributed by atoms with E-state index in [-0.39, 0.29) is 18.3 Å². The molecule has 0 spiro atoms. The van der Waals surface area contributed by atoms with Gasteiger partial charge in [-0.25, -0.2) is 0 Å². The van der Waals surface area contributed by atoms with Crippen LogP contribution in [-0.4, -0.2) is 22.2 Å². The fourth-order valence-electron chi connectivity index (χ4n) is 1.66. The van der Waals surface area contributed by atoms with Crippen LogP contribution in [0.25, 0.3) is 0 Å². The summed E-state index contributed by atoms with van der Waals surface area (Å²) in [6, 6.07) is 0. The summed E-state index contributed by atoms with van der Waals surface area (Å²) < 4.78 is 0. The predicted octanol–water partition coefficient (Wildman–Crippen LogP) is 2.38. The van der Waals surface area contributed by atoms with E-state index in [9.17, 15) is 9.59 Å². The molecule has 2 unspecified atom stereocenters. The number of hydrogen-bond donors (Lipinski definition) is 2. The van der Waals surface area contributed by atoms with E-state index >= 15 is 0 Å². The van der Waals surface area contributed by atoms with Crippen LogP contribution in [0.2, 0.25) is 0 Å². The van der Waals surface area contributed by atoms with Crippen LogP contribution in [-0.2, 0) is 9.59 Å². The molecule has 4 nitrogen and oxygen atoms in total. The van der Waals surface area contributed by atoms with Gasteiger partial charge in [-0.2, -0.15) is 0 Å². The summed E-state index contributed by atoms with van der Waals surface area (Å²) in [7, 11) is 0. The molecule has 0 aliphatic carbocycles. The van der Waals surface area contributed by atoms with Crippen LogP contribution < -0.4 is 0 Å². The molecule has 2 atom stereocenters. The zero-order valence-corrected chi connectivity index (χ0v) is 9.40. The van der Waals surface area contributed by atoms with Gasteiger partial charge in [0.2, 0.25) is 0 Å². The van der Waals surface area contributed by atoms with Crippen LogP contribution in [0.1, 0.15) is 46.0 Å². The zero-order chi connectivity index (χ0) is 11.8. The lowest BCUT2D eigenvalue weighted by atomic mass is 9.90. The molecule has 0 heterocycles. The number of hydrogen-bond acceptors (Lipinski definition) is 2. The van der Waals surface area contributed by atoms with Crippen LogP contribution in [0.4, 0.5) is 0 Å². The summed E-state index contributed by atoms with van der Waals surface area (Å²) in [5, 5.41) is 17.5. The van der Waals surface area contributed by atoms with E-state index in [1.54, 1.807) is 6.92 Å². The van der Waals surface area contributed by atoms with E-state index in [2.05, 4.69) is 0 Å². The molecule has 0 saturated heterocycles. The fourth-order valence-corrected chi connectivity index (χ4v) is 1.66. The molecule has 0 aliphatic heterocycles. The number of unbranched alkanes of at least 4 members (excludes halogenated alkanes) is 1. The standard InChI is InChI=1S/C11H20O4/c1-3-4-5-9(11(14)15)6-8(2)7-10(12)13/h8-9H,3-7H2,1-2H3,(H,12,13)(H,14,15). The molecule has 2 N–H and O–H groups in total. The maximum atomic E-state index is 10.9. The highest BCUT2D eigenvalue weighted by atomic mass is 16.4. The van der Waals surface area contributed by atoms with Gasteiger partial charge in [0.25, 0.3) is 0 Å². The molecule has 0 bridgehead atoms. The van der Waals surface area contributed by atoms with Gasteiger partial charge in [0.05, 0.1) is 5.92 Å². The lowest BCUT2D eigenvalue weighted by Crippen LogP contribution is -2.18. The minimum atomic E-state index is -0.859. The van der Waals surface area contributed by atoms with Crippen molar-refractivity contribution in [1.82, 2.24) is 0 Å². The first kappa shape index (κ1) is 13.9. The summed E-state index contributed by atoms with van der Waals surface area (Å²) in [6.45, 7) is 3.80. The van der Waals surface area contributed by atoms with E-state index in [4.69, 9.17) is 10.2 Å². The molecule has 0 aliphatic rings. The average Bonchev–Trinajstić information content (AvgIpc) is 2.10. The monoisotopic (exact) mass is 216 g/mol. The molecule has 0 aromatic rings. The molecule has 88 valence electrons. The molecule has 0 aromatic carbocycles. The van der Waals surface area contributed by atoms with Gasteiger partial charge in [-0.05, 0) is 18.8 Å². The highest BCUT2D eigenvalue weighted by Crippen LogP contribution is 2.20. The molecular weight excluding hydrogens is 196 g/mol. The van der Waals surface area contributed by atoms with Gasteiger partial charge < -0.3 is 10.2 Å². The topological polar surface area (TPSA) is 74.6 Å². The lowest BCUT2D eigenvalue weighted by Gasteiger charge is -2.15. The highest BCUT2D eigenvalue weighted by molar-refractivity contribution is 5.70. The Balaban J connectivity index is 4.03. The molecule has 0 aromatic heterocycles. The Hall–Kier alpha value is -1.06. The first-order valence-corrected chi connectivity index (χ1v) is 5.42. The maximum absolute atomic E-state index is 10.9. The minimum Gasteiger partial charge on any atom is -0.481 e. The van der Waals surface area contributed by atoms with Crippen LogP contribution in [0, 0.1) is 11.8 Å². The average molecular weight is 216 g/mol. The summed E-state index contributed by atoms with van der Waals surface area (Å²) >= 11 is 0. The first-order chi connectivity index (χ1) is 6.97. The number of rotatable bonds is 8. The third-order valence-corrected chi connectivity index (χ3v) is 2.47. The number of carboxylic acids is 2. The second-order valence-corrected chi connectivity index (χ2v) is 4.12. The van der Waals surface area contributed by atoms with Crippen LogP contribution in [0.15, 0.2) is 0 Å². The number of carboxylic acid groups (broad SMARTS) is 2. The van der Waals surface area contributed by atoms with Crippen LogP contribution in [0.3, 0.4) is 0 Å². The molecule has 0 radical (unpaired) electrons. The zero-order valence-electron chi connectivity index (χ0n) is 9.40. The van der Waals surface area contributed by atoms with Gasteiger partial charge in [-0.1, -0.05) is 26.7 Å². The van der Waals surface area contributed by atoms with Gasteiger partial charge in [0.15, 0.2) is 0 Å². The van der Waals surface area contributed by atoms with Gasteiger partial charge in [-0.15, -0.1) is 0 Å². The third kappa shape index (κ3) is 6.94. The summed E-state index contributed by atoms with van der Waals surface area (Å²) in [4.78, 5) is 21.3. The van der Waals surface area contributed by atoms with Crippen molar-refractivity contribution in [2.75, 3.05) is 0 Å². The minimum absolute atomic E-state index is 0.0515. The fraction of sp³-hybridized carbons (Fsp3) is 0.818. The van der Waals surface area contributed by atoms with Crippen molar-refractivity contribution in [3.8, 4) is 0 Å². The van der Waals surface area contributed by atoms with Gasteiger partial charge in [0.1, 0.15) is 0 Å². The first-order valence-electron chi connectivity index (χ1n) is 5.42. The van der Waals surface area contributed by atoms with Gasteiger partial charge >= 0.3 is 11.9 Å². The molecule has 0 amide bonds. The van der Waals surface area contributed by atoms with Gasteiger partial charge in [0, 0.05) is 6.42 Å². The molecule has 15 heavy (non-hydrogen) atoms. The van der Waals surface area contributed by atoms with Crippen molar-refractivity contribution in [3.63, 3.8) is 0 Å². The van der Waals surface area contributed by atoms with E-state index in [1.165, 1.54) is 0 Å². The Bertz CT molecular complexity index is 213. The van der Waals surface area contributed by atoms with Crippen LogP contribution >= 0.6 is 0 Å². The molecule has 0 saturated carbocycles. The van der Waals surface area contributed by atoms with Crippen molar-refractivity contribution in [2.24, 2.45) is 11.8 Å². The molecule has 4 heteroatoms. The Kier molecular flexibility index (Phi) is 6.75. The van der Waals surface area contributed by atoms with Crippen molar-refractivity contribution in [1.29, 1.82) is 0 Å². The lowest BCUT2D eigenvalue weighted by molar-refractivity contribution is -0.144. The quantitative estimate of drug-likeness (QED) is 0.653. The van der Waals surface area contributed by atoms with Crippen molar-refractivity contribution in [2.45, 2.75) is 46.0 Å². The predicted molar refractivity (Wildman–Crippen MR) is 56.7 cm³/mol. The van der Waals surface area contributed by atoms with Gasteiger partial charge in [-0.3, -0.25) is 9.59 Å². The number of carbonyl (C=O) groups is 2. The Morgan fingerprint density at radius 1 is 1.27 bits per heavy atom. The Morgan fingerprint density at radius 2 is 1.87 bits per heavy atom. The van der Waals surface area contributed by atoms with E-state index in [0.717, 1.165) is 12.8 Å². The number of aliphatic carboxylic acids is 2. The van der Waals surface area contributed by atoms with Crippen molar-refractivity contribution >= 4 is 11.9 Å². The van der Waals surface area contributed by atoms with E-state index in [0.29, 0.717) is 12.8 Å². The second kappa shape index (κ2) is 7.26. The normalized spacial score (nSPS) is 14.5. The molecular formula is C11H20O4. The summed E-state index contributed by atoms with van der Waals surface area (Å²) in [5.41, 5.74) is 0. The van der Waals surface area contributed by atoms with E-state index < -0.39 is 11.9 Å². The summed E-state index contributed by atoms with van der Waals surface area (Å²) in [6.07, 6.45) is 3.02. The summed E-state index contributed by atoms with van der Waals surface area (Å²) in [5.74, 6) is -2.12. The third-order valence-electron chi connectivity index (χ3n) is 2.47. The Labute approximate surface area is 90.3 Å². The molecule has 0 fully saturated rings.